The summed E-state index contributed by atoms with van der Waals surface area (Å²) in [7, 11) is 0. The maximum absolute atomic E-state index is 12.6. The van der Waals surface area contributed by atoms with Crippen LogP contribution >= 0.6 is 11.3 Å². The van der Waals surface area contributed by atoms with Gasteiger partial charge in [0.05, 0.1) is 4.88 Å². The molecule has 0 saturated carbocycles. The highest BCUT2D eigenvalue weighted by Gasteiger charge is 2.19. The lowest BCUT2D eigenvalue weighted by Gasteiger charge is -2.10. The Hall–Kier alpha value is -3.00. The first-order valence-electron chi connectivity index (χ1n) is 8.48. The summed E-state index contributed by atoms with van der Waals surface area (Å²) in [5.41, 5.74) is 7.47. The van der Waals surface area contributed by atoms with E-state index in [2.05, 4.69) is 15.5 Å². The lowest BCUT2D eigenvalue weighted by Crippen LogP contribution is -2.26. The summed E-state index contributed by atoms with van der Waals surface area (Å²) >= 11 is 1.28. The summed E-state index contributed by atoms with van der Waals surface area (Å²) in [6, 6.07) is 8.46. The Bertz CT molecular complexity index is 977. The van der Waals surface area contributed by atoms with E-state index in [1.165, 1.54) is 11.3 Å². The molecule has 3 N–H and O–H groups in total. The molecule has 7 nitrogen and oxygen atoms in total. The van der Waals surface area contributed by atoms with Crippen molar-refractivity contribution in [3.05, 3.63) is 57.9 Å². The third-order valence-corrected chi connectivity index (χ3v) is 4.94. The molecule has 0 aliphatic rings. The number of aromatic nitrogens is 2. The molecule has 0 aliphatic heterocycles. The predicted octanol–water partition coefficient (Wildman–Crippen LogP) is 3.51. The van der Waals surface area contributed by atoms with Gasteiger partial charge < -0.3 is 15.6 Å². The SMILES string of the molecule is CC(C)c1noc([C@H](C)NC(=O)c2cccc(-c3csc(C(N)=O)c3)c2)n1. The van der Waals surface area contributed by atoms with Crippen molar-refractivity contribution in [1.29, 1.82) is 0 Å². The third kappa shape index (κ3) is 4.22. The second-order valence-electron chi connectivity index (χ2n) is 6.49. The van der Waals surface area contributed by atoms with Crippen LogP contribution in [-0.4, -0.2) is 22.0 Å². The molecule has 2 aromatic heterocycles. The first-order valence-corrected chi connectivity index (χ1v) is 9.36. The summed E-state index contributed by atoms with van der Waals surface area (Å²) in [4.78, 5) is 28.6. The van der Waals surface area contributed by atoms with Crippen molar-refractivity contribution in [2.45, 2.75) is 32.7 Å². The van der Waals surface area contributed by atoms with Gasteiger partial charge in [0.25, 0.3) is 11.8 Å². The van der Waals surface area contributed by atoms with Gasteiger partial charge in [-0.1, -0.05) is 31.1 Å². The Morgan fingerprint density at radius 3 is 2.59 bits per heavy atom. The van der Waals surface area contributed by atoms with Crippen LogP contribution in [-0.2, 0) is 0 Å². The number of nitrogens with zero attached hydrogens (tertiary/aromatic N) is 2. The van der Waals surface area contributed by atoms with Crippen LogP contribution in [0.5, 0.6) is 0 Å². The summed E-state index contributed by atoms with van der Waals surface area (Å²) < 4.78 is 5.22. The number of primary amides is 1. The fourth-order valence-corrected chi connectivity index (χ4v) is 3.23. The average molecular weight is 384 g/mol. The van der Waals surface area contributed by atoms with E-state index in [1.54, 1.807) is 31.2 Å². The van der Waals surface area contributed by atoms with Gasteiger partial charge in [-0.2, -0.15) is 4.98 Å². The minimum atomic E-state index is -0.464. The fourth-order valence-electron chi connectivity index (χ4n) is 2.46. The Morgan fingerprint density at radius 2 is 1.96 bits per heavy atom. The molecule has 3 rings (SSSR count). The molecule has 0 fully saturated rings. The van der Waals surface area contributed by atoms with Crippen molar-refractivity contribution in [3.63, 3.8) is 0 Å². The predicted molar refractivity (Wildman–Crippen MR) is 103 cm³/mol. The number of hydrogen-bond donors (Lipinski definition) is 2. The fraction of sp³-hybridized carbons (Fsp3) is 0.263. The molecule has 27 heavy (non-hydrogen) atoms. The van der Waals surface area contributed by atoms with Gasteiger partial charge in [0.2, 0.25) is 5.89 Å². The molecule has 0 spiro atoms. The number of nitrogens with two attached hydrogens (primary N) is 1. The molecule has 2 amide bonds. The molecule has 1 atom stereocenters. The average Bonchev–Trinajstić information content (AvgIpc) is 3.31. The third-order valence-electron chi connectivity index (χ3n) is 3.99. The number of carbonyl (C=O) groups is 2. The zero-order valence-corrected chi connectivity index (χ0v) is 16.0. The monoisotopic (exact) mass is 384 g/mol. The maximum atomic E-state index is 12.6. The quantitative estimate of drug-likeness (QED) is 0.675. The van der Waals surface area contributed by atoms with Crippen molar-refractivity contribution in [3.8, 4) is 11.1 Å². The van der Waals surface area contributed by atoms with E-state index in [9.17, 15) is 9.59 Å². The molecular formula is C19H20N4O3S. The highest BCUT2D eigenvalue weighted by atomic mass is 32.1. The molecular weight excluding hydrogens is 364 g/mol. The standard InChI is InChI=1S/C19H20N4O3S/c1-10(2)17-22-19(26-23-17)11(3)21-18(25)13-6-4-5-12(7-13)14-8-15(16(20)24)27-9-14/h4-11H,1-3H3,(H2,20,24)(H,21,25)/t11-/m0/s1. The summed E-state index contributed by atoms with van der Waals surface area (Å²) in [5.74, 6) is 0.411. The molecule has 140 valence electrons. The van der Waals surface area contributed by atoms with Crippen molar-refractivity contribution in [2.75, 3.05) is 0 Å². The number of rotatable bonds is 6. The number of hydrogen-bond acceptors (Lipinski definition) is 6. The lowest BCUT2D eigenvalue weighted by molar-refractivity contribution is 0.0931. The van der Waals surface area contributed by atoms with E-state index >= 15 is 0 Å². The first kappa shape index (κ1) is 18.8. The zero-order valence-electron chi connectivity index (χ0n) is 15.2. The number of amides is 2. The van der Waals surface area contributed by atoms with Crippen molar-refractivity contribution < 1.29 is 14.1 Å². The molecule has 0 saturated heterocycles. The second kappa shape index (κ2) is 7.71. The molecule has 0 aliphatic carbocycles. The van der Waals surface area contributed by atoms with Crippen molar-refractivity contribution in [2.24, 2.45) is 5.73 Å². The van der Waals surface area contributed by atoms with Crippen LogP contribution in [0.4, 0.5) is 0 Å². The van der Waals surface area contributed by atoms with Crippen molar-refractivity contribution in [1.82, 2.24) is 15.5 Å². The highest BCUT2D eigenvalue weighted by Crippen LogP contribution is 2.26. The highest BCUT2D eigenvalue weighted by molar-refractivity contribution is 7.12. The van der Waals surface area contributed by atoms with Crippen LogP contribution in [0.2, 0.25) is 0 Å². The zero-order chi connectivity index (χ0) is 19.6. The number of carbonyl (C=O) groups excluding carboxylic acids is 2. The smallest absolute Gasteiger partial charge is 0.258 e. The van der Waals surface area contributed by atoms with E-state index < -0.39 is 11.9 Å². The van der Waals surface area contributed by atoms with Crippen molar-refractivity contribution >= 4 is 23.2 Å². The van der Waals surface area contributed by atoms with Crippen LogP contribution < -0.4 is 11.1 Å². The minimum Gasteiger partial charge on any atom is -0.365 e. The van der Waals surface area contributed by atoms with Crippen LogP contribution in [0.3, 0.4) is 0 Å². The van der Waals surface area contributed by atoms with Crippen LogP contribution in [0, 0.1) is 0 Å². The Labute approximate surface area is 160 Å². The van der Waals surface area contributed by atoms with Gasteiger partial charge in [0, 0.05) is 11.5 Å². The van der Waals surface area contributed by atoms with Gasteiger partial charge in [-0.05, 0) is 41.6 Å². The van der Waals surface area contributed by atoms with E-state index in [1.807, 2.05) is 25.3 Å². The van der Waals surface area contributed by atoms with Gasteiger partial charge in [-0.3, -0.25) is 9.59 Å². The number of nitrogens with one attached hydrogen (secondary N) is 1. The van der Waals surface area contributed by atoms with E-state index in [4.69, 9.17) is 10.3 Å². The topological polar surface area (TPSA) is 111 Å². The molecule has 0 radical (unpaired) electrons. The molecule has 8 heteroatoms. The van der Waals surface area contributed by atoms with Gasteiger partial charge in [0.15, 0.2) is 5.82 Å². The normalized spacial score (nSPS) is 12.1. The number of benzene rings is 1. The molecule has 0 unspecified atom stereocenters. The minimum absolute atomic E-state index is 0.151. The van der Waals surface area contributed by atoms with Gasteiger partial charge >= 0.3 is 0 Å². The Kier molecular flexibility index (Phi) is 5.36. The maximum Gasteiger partial charge on any atom is 0.258 e. The summed E-state index contributed by atoms with van der Waals surface area (Å²) in [5, 5.41) is 8.61. The molecule has 3 aromatic rings. The van der Waals surface area contributed by atoms with Gasteiger partial charge in [-0.15, -0.1) is 11.3 Å². The van der Waals surface area contributed by atoms with E-state index in [-0.39, 0.29) is 11.8 Å². The summed E-state index contributed by atoms with van der Waals surface area (Å²) in [6.45, 7) is 5.73. The Balaban J connectivity index is 1.75. The molecule has 2 heterocycles. The lowest BCUT2D eigenvalue weighted by atomic mass is 10.0. The Morgan fingerprint density at radius 1 is 1.19 bits per heavy atom. The van der Waals surface area contributed by atoms with Crippen LogP contribution in [0.25, 0.3) is 11.1 Å². The summed E-state index contributed by atoms with van der Waals surface area (Å²) in [6.07, 6.45) is 0. The molecule has 1 aromatic carbocycles. The van der Waals surface area contributed by atoms with Crippen LogP contribution in [0.1, 0.15) is 64.5 Å². The first-order chi connectivity index (χ1) is 12.8. The van der Waals surface area contributed by atoms with E-state index in [0.717, 1.165) is 11.1 Å². The molecule has 0 bridgehead atoms. The van der Waals surface area contributed by atoms with Gasteiger partial charge in [0.1, 0.15) is 6.04 Å². The van der Waals surface area contributed by atoms with Crippen LogP contribution in [0.15, 0.2) is 40.2 Å². The van der Waals surface area contributed by atoms with E-state index in [0.29, 0.717) is 22.2 Å². The largest absolute Gasteiger partial charge is 0.365 e. The van der Waals surface area contributed by atoms with Gasteiger partial charge in [-0.25, -0.2) is 0 Å². The second-order valence-corrected chi connectivity index (χ2v) is 7.40. The number of thiophene rings is 1.